The number of carbonyl (C=O) groups is 1. The van der Waals surface area contributed by atoms with Crippen LogP contribution in [0.1, 0.15) is 9.67 Å². The summed E-state index contributed by atoms with van der Waals surface area (Å²) < 4.78 is 13.9. The Bertz CT molecular complexity index is 705. The number of fused-ring (bicyclic) bond motifs is 1. The summed E-state index contributed by atoms with van der Waals surface area (Å²) in [4.78, 5) is 12.5. The molecule has 2 aromatic heterocycles. The third kappa shape index (κ3) is 1.98. The molecule has 0 unspecified atom stereocenters. The molecule has 1 aromatic carbocycles. The molecule has 0 saturated heterocycles. The fourth-order valence-corrected chi connectivity index (χ4v) is 2.57. The van der Waals surface area contributed by atoms with Gasteiger partial charge in [-0.1, -0.05) is 0 Å². The van der Waals surface area contributed by atoms with Crippen LogP contribution in [0.2, 0.25) is 0 Å². The highest BCUT2D eigenvalue weighted by molar-refractivity contribution is 7.20. The van der Waals surface area contributed by atoms with Gasteiger partial charge in [0.1, 0.15) is 11.6 Å². The average Bonchev–Trinajstić information content (AvgIpc) is 2.96. The van der Waals surface area contributed by atoms with Gasteiger partial charge in [0.15, 0.2) is 0 Å². The van der Waals surface area contributed by atoms with E-state index >= 15 is 0 Å². The smallest absolute Gasteiger partial charge is 0.266 e. The van der Waals surface area contributed by atoms with E-state index in [0.717, 1.165) is 10.1 Å². The van der Waals surface area contributed by atoms with Crippen molar-refractivity contribution in [3.05, 3.63) is 47.2 Å². The molecule has 3 aromatic rings. The Labute approximate surface area is 105 Å². The zero-order valence-corrected chi connectivity index (χ0v) is 9.92. The van der Waals surface area contributed by atoms with Crippen LogP contribution in [0.25, 0.3) is 10.1 Å². The van der Waals surface area contributed by atoms with Gasteiger partial charge in [0.05, 0.1) is 11.1 Å². The molecule has 0 atom stereocenters. The zero-order valence-electron chi connectivity index (χ0n) is 9.11. The Morgan fingerprint density at radius 3 is 3.00 bits per heavy atom. The number of thiophene rings is 1. The Hall–Kier alpha value is -2.21. The van der Waals surface area contributed by atoms with Crippen molar-refractivity contribution in [2.24, 2.45) is 0 Å². The minimum Gasteiger partial charge on any atom is -0.306 e. The monoisotopic (exact) mass is 261 g/mol. The lowest BCUT2D eigenvalue weighted by molar-refractivity contribution is 0.103. The van der Waals surface area contributed by atoms with Gasteiger partial charge >= 0.3 is 0 Å². The highest BCUT2D eigenvalue weighted by atomic mass is 32.1. The second kappa shape index (κ2) is 4.23. The van der Waals surface area contributed by atoms with Gasteiger partial charge in [-0.15, -0.1) is 11.3 Å². The standard InChI is InChI=1S/C12H8FN3OS/c13-8-1-2-9-7(5-8)6-10(18-9)12(17)15-11-3-4-14-16-11/h1-6H,(H2,14,15,16,17). The number of halogens is 1. The first-order chi connectivity index (χ1) is 8.72. The molecule has 0 bridgehead atoms. The van der Waals surface area contributed by atoms with E-state index in [1.165, 1.54) is 23.5 Å². The molecule has 2 heterocycles. The molecular formula is C12H8FN3OS. The number of hydrogen-bond acceptors (Lipinski definition) is 3. The average molecular weight is 261 g/mol. The third-order valence-electron chi connectivity index (χ3n) is 2.45. The van der Waals surface area contributed by atoms with E-state index in [1.807, 2.05) is 0 Å². The number of hydrogen-bond donors (Lipinski definition) is 2. The summed E-state index contributed by atoms with van der Waals surface area (Å²) in [7, 11) is 0. The van der Waals surface area contributed by atoms with Gasteiger partial charge in [0.2, 0.25) is 0 Å². The third-order valence-corrected chi connectivity index (χ3v) is 3.57. The Morgan fingerprint density at radius 1 is 1.33 bits per heavy atom. The fourth-order valence-electron chi connectivity index (χ4n) is 1.64. The maximum absolute atomic E-state index is 13.0. The summed E-state index contributed by atoms with van der Waals surface area (Å²) in [6.45, 7) is 0. The number of H-pyrrole nitrogens is 1. The summed E-state index contributed by atoms with van der Waals surface area (Å²) in [6.07, 6.45) is 1.55. The second-order valence-electron chi connectivity index (χ2n) is 3.72. The summed E-state index contributed by atoms with van der Waals surface area (Å²) in [5, 5.41) is 9.79. The van der Waals surface area contributed by atoms with Crippen molar-refractivity contribution in [1.82, 2.24) is 10.2 Å². The quantitative estimate of drug-likeness (QED) is 0.745. The van der Waals surface area contributed by atoms with Gasteiger partial charge in [-0.2, -0.15) is 5.10 Å². The number of amides is 1. The van der Waals surface area contributed by atoms with E-state index in [1.54, 1.807) is 24.4 Å². The number of carbonyl (C=O) groups excluding carboxylic acids is 1. The number of aromatic nitrogens is 2. The molecule has 0 aliphatic carbocycles. The van der Waals surface area contributed by atoms with E-state index in [4.69, 9.17) is 0 Å². The molecule has 3 rings (SSSR count). The number of benzene rings is 1. The molecule has 0 radical (unpaired) electrons. The van der Waals surface area contributed by atoms with E-state index in [-0.39, 0.29) is 11.7 Å². The number of nitrogens with one attached hydrogen (secondary N) is 2. The van der Waals surface area contributed by atoms with E-state index in [0.29, 0.717) is 10.7 Å². The van der Waals surface area contributed by atoms with Crippen LogP contribution in [-0.4, -0.2) is 16.1 Å². The zero-order chi connectivity index (χ0) is 12.5. The van der Waals surface area contributed by atoms with Crippen LogP contribution in [0.3, 0.4) is 0 Å². The van der Waals surface area contributed by atoms with Crippen LogP contribution in [-0.2, 0) is 0 Å². The summed E-state index contributed by atoms with van der Waals surface area (Å²) in [5.74, 6) is -0.00896. The molecule has 0 fully saturated rings. The predicted octanol–water partition coefficient (Wildman–Crippen LogP) is 3.02. The van der Waals surface area contributed by atoms with Crippen molar-refractivity contribution < 1.29 is 9.18 Å². The fraction of sp³-hybridized carbons (Fsp3) is 0. The predicted molar refractivity (Wildman–Crippen MR) is 68.3 cm³/mol. The largest absolute Gasteiger partial charge is 0.306 e. The van der Waals surface area contributed by atoms with Gasteiger partial charge in [-0.05, 0) is 29.7 Å². The highest BCUT2D eigenvalue weighted by Crippen LogP contribution is 2.26. The number of anilines is 1. The SMILES string of the molecule is O=C(Nc1ccn[nH]1)c1cc2cc(F)ccc2s1. The van der Waals surface area contributed by atoms with E-state index in [2.05, 4.69) is 15.5 Å². The minimum absolute atomic E-state index is 0.235. The molecule has 0 aliphatic heterocycles. The molecule has 0 saturated carbocycles. The molecule has 1 amide bonds. The first kappa shape index (κ1) is 10.9. The summed E-state index contributed by atoms with van der Waals surface area (Å²) >= 11 is 1.32. The normalized spacial score (nSPS) is 10.7. The van der Waals surface area contributed by atoms with Crippen molar-refractivity contribution >= 4 is 33.1 Å². The number of nitrogens with zero attached hydrogens (tertiary/aromatic N) is 1. The van der Waals surface area contributed by atoms with Gasteiger partial charge in [-0.3, -0.25) is 9.89 Å². The van der Waals surface area contributed by atoms with Crippen LogP contribution in [0.4, 0.5) is 10.2 Å². The molecule has 90 valence electrons. The van der Waals surface area contributed by atoms with Gasteiger partial charge in [0.25, 0.3) is 5.91 Å². The van der Waals surface area contributed by atoms with E-state index in [9.17, 15) is 9.18 Å². The first-order valence-electron chi connectivity index (χ1n) is 5.22. The lowest BCUT2D eigenvalue weighted by Gasteiger charge is -1.97. The van der Waals surface area contributed by atoms with Gasteiger partial charge < -0.3 is 5.32 Å². The van der Waals surface area contributed by atoms with Crippen molar-refractivity contribution in [3.63, 3.8) is 0 Å². The maximum atomic E-state index is 13.0. The minimum atomic E-state index is -0.305. The van der Waals surface area contributed by atoms with Crippen molar-refractivity contribution in [2.45, 2.75) is 0 Å². The Balaban J connectivity index is 1.92. The Morgan fingerprint density at radius 2 is 2.22 bits per heavy atom. The molecule has 2 N–H and O–H groups in total. The topological polar surface area (TPSA) is 57.8 Å². The molecule has 0 aliphatic rings. The molecule has 6 heteroatoms. The first-order valence-corrected chi connectivity index (χ1v) is 6.04. The summed E-state index contributed by atoms with van der Waals surface area (Å²) in [5.41, 5.74) is 0. The van der Waals surface area contributed by atoms with Crippen molar-refractivity contribution in [1.29, 1.82) is 0 Å². The highest BCUT2D eigenvalue weighted by Gasteiger charge is 2.11. The number of rotatable bonds is 2. The van der Waals surface area contributed by atoms with Crippen LogP contribution in [0.5, 0.6) is 0 Å². The van der Waals surface area contributed by atoms with Crippen LogP contribution >= 0.6 is 11.3 Å². The van der Waals surface area contributed by atoms with Crippen LogP contribution in [0.15, 0.2) is 36.5 Å². The second-order valence-corrected chi connectivity index (χ2v) is 4.80. The van der Waals surface area contributed by atoms with E-state index < -0.39 is 0 Å². The maximum Gasteiger partial charge on any atom is 0.266 e. The van der Waals surface area contributed by atoms with Gasteiger partial charge in [0, 0.05) is 10.8 Å². The Kier molecular flexibility index (Phi) is 2.56. The lowest BCUT2D eigenvalue weighted by Crippen LogP contribution is -2.10. The van der Waals surface area contributed by atoms with Crippen molar-refractivity contribution in [3.8, 4) is 0 Å². The van der Waals surface area contributed by atoms with Crippen LogP contribution < -0.4 is 5.32 Å². The molecule has 18 heavy (non-hydrogen) atoms. The number of aromatic amines is 1. The lowest BCUT2D eigenvalue weighted by atomic mass is 10.2. The van der Waals surface area contributed by atoms with Gasteiger partial charge in [-0.25, -0.2) is 4.39 Å². The molecular weight excluding hydrogens is 253 g/mol. The van der Waals surface area contributed by atoms with Crippen molar-refractivity contribution in [2.75, 3.05) is 5.32 Å². The molecule has 4 nitrogen and oxygen atoms in total. The summed E-state index contributed by atoms with van der Waals surface area (Å²) in [6, 6.07) is 7.80. The van der Waals surface area contributed by atoms with Crippen LogP contribution in [0, 0.1) is 5.82 Å². The molecule has 0 spiro atoms.